The van der Waals surface area contributed by atoms with E-state index in [1.165, 1.54) is 62.6 Å². The van der Waals surface area contributed by atoms with E-state index in [2.05, 4.69) is 164 Å². The van der Waals surface area contributed by atoms with Crippen LogP contribution >= 0.6 is 22.7 Å². The maximum Gasteiger partial charge on any atom is 0.164 e. The molecule has 3 nitrogen and oxygen atoms in total. The minimum absolute atomic E-state index is 0.651. The van der Waals surface area contributed by atoms with Crippen molar-refractivity contribution >= 4 is 63.0 Å². The molecule has 0 saturated heterocycles. The Balaban J connectivity index is 0.999. The fourth-order valence-corrected chi connectivity index (χ4v) is 10.00. The molecule has 3 aromatic heterocycles. The Hall–Kier alpha value is -6.79. The molecule has 11 rings (SSSR count). The van der Waals surface area contributed by atoms with Crippen molar-refractivity contribution in [3.63, 3.8) is 0 Å². The average molecular weight is 750 g/mol. The van der Waals surface area contributed by atoms with Gasteiger partial charge in [-0.1, -0.05) is 146 Å². The zero-order valence-corrected chi connectivity index (χ0v) is 31.7. The van der Waals surface area contributed by atoms with Crippen molar-refractivity contribution in [3.8, 4) is 67.5 Å². The summed E-state index contributed by atoms with van der Waals surface area (Å²) >= 11 is 3.67. The minimum atomic E-state index is 0.651. The van der Waals surface area contributed by atoms with Gasteiger partial charge in [0.2, 0.25) is 0 Å². The summed E-state index contributed by atoms with van der Waals surface area (Å²) in [5.41, 5.74) is 10.1. The average Bonchev–Trinajstić information content (AvgIpc) is 3.84. The molecule has 0 aliphatic carbocycles. The minimum Gasteiger partial charge on any atom is -0.208 e. The lowest BCUT2D eigenvalue weighted by atomic mass is 9.93. The summed E-state index contributed by atoms with van der Waals surface area (Å²) in [7, 11) is 0. The molecule has 0 fully saturated rings. The third-order valence-electron chi connectivity index (χ3n) is 10.6. The summed E-state index contributed by atoms with van der Waals surface area (Å²) in [4.78, 5) is 15.2. The van der Waals surface area contributed by atoms with Crippen LogP contribution in [0.4, 0.5) is 0 Å². The summed E-state index contributed by atoms with van der Waals surface area (Å²) in [5.74, 6) is 1.96. The molecule has 8 aromatic carbocycles. The summed E-state index contributed by atoms with van der Waals surface area (Å²) in [6.07, 6.45) is 0. The van der Waals surface area contributed by atoms with E-state index in [1.807, 2.05) is 46.9 Å². The molecule has 262 valence electrons. The molecule has 0 unspecified atom stereocenters. The highest BCUT2D eigenvalue weighted by molar-refractivity contribution is 7.26. The number of nitrogens with zero attached hydrogens (tertiary/aromatic N) is 3. The van der Waals surface area contributed by atoms with Crippen LogP contribution in [0.1, 0.15) is 0 Å². The third kappa shape index (κ3) is 5.77. The van der Waals surface area contributed by atoms with Crippen molar-refractivity contribution in [3.05, 3.63) is 188 Å². The Morgan fingerprint density at radius 1 is 0.250 bits per heavy atom. The van der Waals surface area contributed by atoms with Crippen LogP contribution in [0.15, 0.2) is 188 Å². The molecule has 0 atom stereocenters. The van der Waals surface area contributed by atoms with Gasteiger partial charge in [0.25, 0.3) is 0 Å². The standard InChI is InChI=1S/C51H31N3S2/c1-3-12-32(13-4-1)34-16-11-17-37(28-34)50-52-49(33-14-5-2-6-15-33)53-51(54-50)38-22-25-42-44-30-36(24-27-47(44)56-48(42)31-38)40-19-8-7-18-39(40)35-23-26-46-43(29-35)41-20-9-10-21-45(41)55-46/h1-31H. The van der Waals surface area contributed by atoms with Gasteiger partial charge in [0.1, 0.15) is 0 Å². The van der Waals surface area contributed by atoms with Crippen LogP contribution < -0.4 is 0 Å². The van der Waals surface area contributed by atoms with E-state index in [4.69, 9.17) is 15.0 Å². The Kier molecular flexibility index (Phi) is 7.87. The maximum atomic E-state index is 5.10. The largest absolute Gasteiger partial charge is 0.208 e. The fourth-order valence-electron chi connectivity index (χ4n) is 7.78. The predicted octanol–water partition coefficient (Wildman–Crippen LogP) is 14.6. The van der Waals surface area contributed by atoms with Crippen LogP contribution in [0.25, 0.3) is 108 Å². The van der Waals surface area contributed by atoms with E-state index in [1.54, 1.807) is 0 Å². The number of benzene rings is 8. The summed E-state index contributed by atoms with van der Waals surface area (Å²) in [6, 6.07) is 67.0. The maximum absolute atomic E-state index is 5.10. The van der Waals surface area contributed by atoms with E-state index in [0.717, 1.165) is 27.8 Å². The number of rotatable bonds is 6. The van der Waals surface area contributed by atoms with Gasteiger partial charge in [-0.2, -0.15) is 0 Å². The summed E-state index contributed by atoms with van der Waals surface area (Å²) < 4.78 is 5.10. The van der Waals surface area contributed by atoms with E-state index < -0.39 is 0 Å². The smallest absolute Gasteiger partial charge is 0.164 e. The first-order valence-corrected chi connectivity index (χ1v) is 20.3. The van der Waals surface area contributed by atoms with Gasteiger partial charge in [0, 0.05) is 57.0 Å². The molecule has 0 N–H and O–H groups in total. The first kappa shape index (κ1) is 32.6. The number of fused-ring (bicyclic) bond motifs is 6. The van der Waals surface area contributed by atoms with Gasteiger partial charge in [-0.25, -0.2) is 15.0 Å². The van der Waals surface area contributed by atoms with Crippen LogP contribution in [0.2, 0.25) is 0 Å². The lowest BCUT2D eigenvalue weighted by molar-refractivity contribution is 1.07. The molecule has 3 heterocycles. The Morgan fingerprint density at radius 2 is 0.714 bits per heavy atom. The third-order valence-corrected chi connectivity index (χ3v) is 12.8. The van der Waals surface area contributed by atoms with Gasteiger partial charge < -0.3 is 0 Å². The molecular formula is C51H31N3S2. The van der Waals surface area contributed by atoms with Gasteiger partial charge >= 0.3 is 0 Å². The van der Waals surface area contributed by atoms with Crippen LogP contribution in [0.3, 0.4) is 0 Å². The monoisotopic (exact) mass is 749 g/mol. The van der Waals surface area contributed by atoms with Gasteiger partial charge in [-0.15, -0.1) is 22.7 Å². The normalized spacial score (nSPS) is 11.6. The number of aromatic nitrogens is 3. The molecular weight excluding hydrogens is 719 g/mol. The van der Waals surface area contributed by atoms with Gasteiger partial charge in [-0.05, 0) is 75.8 Å². The molecule has 0 saturated carbocycles. The lowest BCUT2D eigenvalue weighted by Crippen LogP contribution is -2.00. The predicted molar refractivity (Wildman–Crippen MR) is 238 cm³/mol. The Bertz CT molecular complexity index is 3250. The first-order chi connectivity index (χ1) is 27.7. The molecule has 0 bridgehead atoms. The number of hydrogen-bond donors (Lipinski definition) is 0. The molecule has 56 heavy (non-hydrogen) atoms. The van der Waals surface area contributed by atoms with Gasteiger partial charge in [-0.3, -0.25) is 0 Å². The van der Waals surface area contributed by atoms with E-state index in [-0.39, 0.29) is 0 Å². The van der Waals surface area contributed by atoms with E-state index >= 15 is 0 Å². The van der Waals surface area contributed by atoms with Crippen molar-refractivity contribution in [1.82, 2.24) is 15.0 Å². The van der Waals surface area contributed by atoms with Crippen molar-refractivity contribution in [2.75, 3.05) is 0 Å². The Labute approximate surface area is 331 Å². The molecule has 0 amide bonds. The van der Waals surface area contributed by atoms with Crippen molar-refractivity contribution < 1.29 is 0 Å². The quantitative estimate of drug-likeness (QED) is 0.170. The summed E-state index contributed by atoms with van der Waals surface area (Å²) in [6.45, 7) is 0. The second-order valence-electron chi connectivity index (χ2n) is 14.0. The van der Waals surface area contributed by atoms with Gasteiger partial charge in [0.15, 0.2) is 17.5 Å². The highest BCUT2D eigenvalue weighted by atomic mass is 32.1. The fraction of sp³-hybridized carbons (Fsp3) is 0. The molecule has 0 radical (unpaired) electrons. The molecule has 5 heteroatoms. The van der Waals surface area contributed by atoms with Crippen LogP contribution in [0, 0.1) is 0 Å². The lowest BCUT2D eigenvalue weighted by Gasteiger charge is -2.11. The summed E-state index contributed by atoms with van der Waals surface area (Å²) in [5, 5.41) is 5.11. The number of hydrogen-bond acceptors (Lipinski definition) is 5. The van der Waals surface area contributed by atoms with E-state index in [0.29, 0.717) is 17.5 Å². The second-order valence-corrected chi connectivity index (χ2v) is 16.2. The van der Waals surface area contributed by atoms with E-state index in [9.17, 15) is 0 Å². The zero-order chi connectivity index (χ0) is 37.0. The van der Waals surface area contributed by atoms with Gasteiger partial charge in [0.05, 0.1) is 0 Å². The second kappa shape index (κ2) is 13.5. The van der Waals surface area contributed by atoms with Crippen molar-refractivity contribution in [2.45, 2.75) is 0 Å². The van der Waals surface area contributed by atoms with Crippen molar-refractivity contribution in [1.29, 1.82) is 0 Å². The molecule has 0 aliphatic heterocycles. The molecule has 0 spiro atoms. The molecule has 0 aliphatic rings. The first-order valence-electron chi connectivity index (χ1n) is 18.7. The van der Waals surface area contributed by atoms with Crippen LogP contribution in [0.5, 0.6) is 0 Å². The van der Waals surface area contributed by atoms with Crippen LogP contribution in [-0.4, -0.2) is 15.0 Å². The topological polar surface area (TPSA) is 38.7 Å². The van der Waals surface area contributed by atoms with Crippen LogP contribution in [-0.2, 0) is 0 Å². The SMILES string of the molecule is c1ccc(-c2cccc(-c3nc(-c4ccccc4)nc(-c4ccc5c(c4)sc4ccc(-c6ccccc6-c6ccc7sc8ccccc8c7c6)cc45)n3)c2)cc1. The Morgan fingerprint density at radius 3 is 1.39 bits per heavy atom. The highest BCUT2D eigenvalue weighted by Crippen LogP contribution is 2.42. The highest BCUT2D eigenvalue weighted by Gasteiger charge is 2.16. The molecule has 11 aromatic rings. The number of thiophene rings is 2. The van der Waals surface area contributed by atoms with Crippen molar-refractivity contribution in [2.24, 2.45) is 0 Å². The zero-order valence-electron chi connectivity index (χ0n) is 30.1.